The van der Waals surface area contributed by atoms with Gasteiger partial charge in [0.25, 0.3) is 15.9 Å². The lowest BCUT2D eigenvalue weighted by molar-refractivity contribution is 0.0868. The lowest BCUT2D eigenvalue weighted by Crippen LogP contribution is -2.31. The fraction of sp³-hybridized carbons (Fsp3) is 0.385. The molecule has 1 amide bonds. The monoisotopic (exact) mass is 497 g/mol. The summed E-state index contributed by atoms with van der Waals surface area (Å²) in [4.78, 5) is 26.7. The van der Waals surface area contributed by atoms with Gasteiger partial charge >= 0.3 is 0 Å². The second-order valence-corrected chi connectivity index (χ2v) is 11.9. The molecule has 1 unspecified atom stereocenters. The van der Waals surface area contributed by atoms with E-state index in [0.29, 0.717) is 31.1 Å². The van der Waals surface area contributed by atoms with E-state index >= 15 is 0 Å². The highest BCUT2D eigenvalue weighted by atomic mass is 32.2. The van der Waals surface area contributed by atoms with Crippen molar-refractivity contribution in [1.29, 1.82) is 0 Å². The summed E-state index contributed by atoms with van der Waals surface area (Å²) in [6, 6.07) is 11.9. The number of ether oxygens (including phenoxy) is 1. The first kappa shape index (κ1) is 23.1. The van der Waals surface area contributed by atoms with Crippen molar-refractivity contribution in [3.63, 3.8) is 0 Å². The molecule has 178 valence electrons. The number of hydrogen-bond acceptors (Lipinski definition) is 6. The maximum atomic E-state index is 12.9. The third kappa shape index (κ3) is 4.03. The van der Waals surface area contributed by atoms with Crippen LogP contribution in [-0.4, -0.2) is 31.8 Å². The molecular formula is C26H27NO5S2. The highest BCUT2D eigenvalue weighted by Crippen LogP contribution is 2.33. The molecular weight excluding hydrogens is 470 g/mol. The molecule has 5 rings (SSSR count). The summed E-state index contributed by atoms with van der Waals surface area (Å²) in [5, 5.41) is 0.753. The van der Waals surface area contributed by atoms with Crippen LogP contribution >= 0.6 is 11.3 Å². The van der Waals surface area contributed by atoms with Gasteiger partial charge in [-0.15, -0.1) is 11.3 Å². The van der Waals surface area contributed by atoms with Crippen LogP contribution in [0, 0.1) is 5.92 Å². The van der Waals surface area contributed by atoms with Gasteiger partial charge in [-0.3, -0.25) is 9.59 Å². The molecule has 2 aromatic carbocycles. The Hall–Kier alpha value is -2.71. The largest absolute Gasteiger partial charge is 0.494 e. The third-order valence-electron chi connectivity index (χ3n) is 6.83. The number of benzene rings is 2. The molecule has 34 heavy (non-hydrogen) atoms. The van der Waals surface area contributed by atoms with Crippen LogP contribution in [0.1, 0.15) is 53.4 Å². The van der Waals surface area contributed by atoms with Gasteiger partial charge in [-0.05, 0) is 68.4 Å². The minimum absolute atomic E-state index is 0.0823. The Morgan fingerprint density at radius 3 is 2.74 bits per heavy atom. The summed E-state index contributed by atoms with van der Waals surface area (Å²) in [5.41, 5.74) is 1.38. The maximum Gasteiger partial charge on any atom is 0.269 e. The van der Waals surface area contributed by atoms with Gasteiger partial charge in [0.15, 0.2) is 5.43 Å². The van der Waals surface area contributed by atoms with Crippen LogP contribution in [0.25, 0.3) is 10.1 Å². The van der Waals surface area contributed by atoms with Crippen molar-refractivity contribution in [3.8, 4) is 5.75 Å². The summed E-state index contributed by atoms with van der Waals surface area (Å²) >= 11 is 1.70. The summed E-state index contributed by atoms with van der Waals surface area (Å²) in [5.74, 6) is 0.886. The average Bonchev–Trinajstić information content (AvgIpc) is 3.04. The molecule has 0 N–H and O–H groups in total. The minimum Gasteiger partial charge on any atom is -0.494 e. The van der Waals surface area contributed by atoms with Crippen molar-refractivity contribution in [1.82, 2.24) is 4.31 Å². The van der Waals surface area contributed by atoms with Gasteiger partial charge in [0.1, 0.15) is 10.6 Å². The van der Waals surface area contributed by atoms with E-state index in [9.17, 15) is 18.0 Å². The molecule has 0 saturated heterocycles. The zero-order chi connectivity index (χ0) is 23.9. The van der Waals surface area contributed by atoms with E-state index in [2.05, 4.69) is 6.92 Å². The normalized spacial score (nSPS) is 18.7. The van der Waals surface area contributed by atoms with E-state index in [-0.39, 0.29) is 22.4 Å². The zero-order valence-corrected chi connectivity index (χ0v) is 20.7. The van der Waals surface area contributed by atoms with Gasteiger partial charge in [0.05, 0.1) is 12.2 Å². The predicted molar refractivity (Wildman–Crippen MR) is 133 cm³/mol. The summed E-state index contributed by atoms with van der Waals surface area (Å²) in [6.07, 6.45) is 5.19. The third-order valence-corrected chi connectivity index (χ3v) is 9.89. The molecule has 1 aliphatic carbocycles. The number of carbonyl (C=O) groups is 1. The molecule has 6 nitrogen and oxygen atoms in total. The van der Waals surface area contributed by atoms with Gasteiger partial charge in [-0.25, -0.2) is 12.7 Å². The first-order chi connectivity index (χ1) is 16.4. The van der Waals surface area contributed by atoms with E-state index in [1.807, 2.05) is 18.2 Å². The second-order valence-electron chi connectivity index (χ2n) is 8.94. The Labute approximate surface area is 203 Å². The lowest BCUT2D eigenvalue weighted by Gasteiger charge is -2.22. The van der Waals surface area contributed by atoms with E-state index in [0.717, 1.165) is 45.6 Å². The number of fused-ring (bicyclic) bond motifs is 3. The van der Waals surface area contributed by atoms with Crippen molar-refractivity contribution in [2.24, 2.45) is 5.92 Å². The molecule has 1 aliphatic heterocycles. The van der Waals surface area contributed by atoms with Crippen molar-refractivity contribution in [2.45, 2.75) is 50.3 Å². The van der Waals surface area contributed by atoms with Crippen LogP contribution in [0.5, 0.6) is 5.75 Å². The van der Waals surface area contributed by atoms with Crippen molar-refractivity contribution < 1.29 is 17.9 Å². The van der Waals surface area contributed by atoms with Crippen molar-refractivity contribution in [2.75, 3.05) is 13.2 Å². The molecule has 0 saturated carbocycles. The Morgan fingerprint density at radius 1 is 1.12 bits per heavy atom. The number of rotatable bonds is 7. The second kappa shape index (κ2) is 9.15. The number of hydrogen-bond donors (Lipinski definition) is 0. The number of amides is 1. The molecule has 8 heteroatoms. The Bertz CT molecular complexity index is 1430. The molecule has 0 spiro atoms. The Morgan fingerprint density at radius 2 is 1.94 bits per heavy atom. The highest BCUT2D eigenvalue weighted by molar-refractivity contribution is 7.90. The molecule has 0 bridgehead atoms. The van der Waals surface area contributed by atoms with E-state index in [4.69, 9.17) is 4.74 Å². The van der Waals surface area contributed by atoms with Gasteiger partial charge in [0, 0.05) is 27.1 Å². The summed E-state index contributed by atoms with van der Waals surface area (Å²) < 4.78 is 33.0. The zero-order valence-electron chi connectivity index (χ0n) is 19.1. The SMILES string of the molecule is CCC1CCc2c(sc3cc(OCCCCN4C(=O)c5ccccc5S4(=O)=O)ccc3c2=O)C1. The van der Waals surface area contributed by atoms with Gasteiger partial charge in [-0.2, -0.15) is 0 Å². The average molecular weight is 498 g/mol. The molecule has 1 atom stereocenters. The minimum atomic E-state index is -3.76. The van der Waals surface area contributed by atoms with Crippen LogP contribution < -0.4 is 10.2 Å². The van der Waals surface area contributed by atoms with Crippen LogP contribution in [0.15, 0.2) is 52.2 Å². The first-order valence-corrected chi connectivity index (χ1v) is 14.0. The molecule has 0 radical (unpaired) electrons. The molecule has 2 heterocycles. The molecule has 0 fully saturated rings. The van der Waals surface area contributed by atoms with E-state index in [1.54, 1.807) is 29.5 Å². The maximum absolute atomic E-state index is 12.9. The quantitative estimate of drug-likeness (QED) is 0.439. The smallest absolute Gasteiger partial charge is 0.269 e. The summed E-state index contributed by atoms with van der Waals surface area (Å²) in [7, 11) is -3.76. The highest BCUT2D eigenvalue weighted by Gasteiger charge is 2.40. The molecule has 2 aliphatic rings. The first-order valence-electron chi connectivity index (χ1n) is 11.8. The van der Waals surface area contributed by atoms with E-state index in [1.165, 1.54) is 10.9 Å². The van der Waals surface area contributed by atoms with Crippen LogP contribution in [0.4, 0.5) is 0 Å². The van der Waals surface area contributed by atoms with Crippen LogP contribution in [-0.2, 0) is 22.9 Å². The molecule has 1 aromatic heterocycles. The van der Waals surface area contributed by atoms with Crippen molar-refractivity contribution in [3.05, 3.63) is 68.7 Å². The fourth-order valence-corrected chi connectivity index (χ4v) is 7.78. The fourth-order valence-electron chi connectivity index (χ4n) is 4.83. The van der Waals surface area contributed by atoms with Gasteiger partial charge < -0.3 is 4.74 Å². The number of nitrogens with zero attached hydrogens (tertiary/aromatic N) is 1. The predicted octanol–water partition coefficient (Wildman–Crippen LogP) is 4.78. The lowest BCUT2D eigenvalue weighted by atomic mass is 9.87. The van der Waals surface area contributed by atoms with Crippen molar-refractivity contribution >= 4 is 37.4 Å². The number of unbranched alkanes of at least 4 members (excludes halogenated alkanes) is 1. The number of sulfonamides is 1. The topological polar surface area (TPSA) is 80.8 Å². The van der Waals surface area contributed by atoms with Gasteiger partial charge in [-0.1, -0.05) is 25.5 Å². The molecule has 3 aromatic rings. The number of carbonyl (C=O) groups excluding carboxylic acids is 1. The van der Waals surface area contributed by atoms with Gasteiger partial charge in [0.2, 0.25) is 0 Å². The van der Waals surface area contributed by atoms with E-state index < -0.39 is 15.9 Å². The van der Waals surface area contributed by atoms with Crippen LogP contribution in [0.2, 0.25) is 0 Å². The Kier molecular flexibility index (Phi) is 6.20. The van der Waals surface area contributed by atoms with Crippen LogP contribution in [0.3, 0.4) is 0 Å². The standard InChI is InChI=1S/C26H27NO5S2/c1-2-17-9-11-19-22(15-17)33-23-16-18(10-12-20(23)25(19)28)32-14-6-5-13-27-26(29)21-7-3-4-8-24(21)34(27,30)31/h3-4,7-8,10,12,16-17H,2,5-6,9,11,13-15H2,1H3. The summed E-state index contributed by atoms with van der Waals surface area (Å²) in [6.45, 7) is 2.74. The Balaban J connectivity index is 1.21.